The lowest BCUT2D eigenvalue weighted by Gasteiger charge is -2.41. The fourth-order valence-corrected chi connectivity index (χ4v) is 4.11. The lowest BCUT2D eigenvalue weighted by Crippen LogP contribution is -2.51. The quantitative estimate of drug-likeness (QED) is 0.450. The minimum Gasteiger partial charge on any atom is -0.497 e. The molecule has 1 heterocycles. The molecule has 34 heavy (non-hydrogen) atoms. The predicted octanol–water partition coefficient (Wildman–Crippen LogP) is 3.96. The van der Waals surface area contributed by atoms with Crippen LogP contribution in [0.3, 0.4) is 0 Å². The van der Waals surface area contributed by atoms with E-state index in [9.17, 15) is 0 Å². The molecular weight excluding hydrogens is 424 g/mol. The van der Waals surface area contributed by atoms with E-state index < -0.39 is 0 Å². The van der Waals surface area contributed by atoms with Crippen LogP contribution in [0.5, 0.6) is 5.75 Å². The van der Waals surface area contributed by atoms with Crippen LogP contribution < -0.4 is 15.4 Å². The molecule has 6 heteroatoms. The Balaban J connectivity index is 1.88. The SMILES string of the molecule is C=C(/C=C\C(=C(/N)c1ccc(N(C)C)cc1)N1CCN(C)C(Cc2ccc(OC)cc2)C1)OC. The van der Waals surface area contributed by atoms with E-state index in [-0.39, 0.29) is 0 Å². The average Bonchev–Trinajstić information content (AvgIpc) is 2.86. The van der Waals surface area contributed by atoms with Crippen LogP contribution in [0.25, 0.3) is 5.70 Å². The molecule has 1 unspecified atom stereocenters. The van der Waals surface area contributed by atoms with Crippen LogP contribution in [-0.2, 0) is 11.2 Å². The van der Waals surface area contributed by atoms with Gasteiger partial charge in [-0.15, -0.1) is 0 Å². The number of piperazine rings is 1. The summed E-state index contributed by atoms with van der Waals surface area (Å²) in [5.41, 5.74) is 11.9. The van der Waals surface area contributed by atoms with Crippen LogP contribution in [0.2, 0.25) is 0 Å². The number of nitrogens with two attached hydrogens (primary N) is 1. The van der Waals surface area contributed by atoms with E-state index in [0.29, 0.717) is 11.8 Å². The summed E-state index contributed by atoms with van der Waals surface area (Å²) < 4.78 is 10.6. The van der Waals surface area contributed by atoms with Gasteiger partial charge in [-0.2, -0.15) is 0 Å². The highest BCUT2D eigenvalue weighted by Gasteiger charge is 2.26. The minimum absolute atomic E-state index is 0.361. The number of likely N-dealkylation sites (N-methyl/N-ethyl adjacent to an activating group) is 1. The molecule has 1 atom stereocenters. The predicted molar refractivity (Wildman–Crippen MR) is 142 cm³/mol. The Bertz CT molecular complexity index is 1010. The number of ether oxygens (including phenoxy) is 2. The summed E-state index contributed by atoms with van der Waals surface area (Å²) in [6, 6.07) is 17.0. The fraction of sp³-hybridized carbons (Fsp3) is 0.357. The van der Waals surface area contributed by atoms with Crippen molar-refractivity contribution < 1.29 is 9.47 Å². The third-order valence-corrected chi connectivity index (χ3v) is 6.41. The van der Waals surface area contributed by atoms with Crippen LogP contribution in [0.1, 0.15) is 11.1 Å². The molecule has 0 aliphatic carbocycles. The molecule has 1 aliphatic rings. The van der Waals surface area contributed by atoms with E-state index in [1.165, 1.54) is 5.56 Å². The van der Waals surface area contributed by atoms with Crippen molar-refractivity contribution in [1.29, 1.82) is 0 Å². The molecule has 0 spiro atoms. The van der Waals surface area contributed by atoms with Crippen LogP contribution >= 0.6 is 0 Å². The van der Waals surface area contributed by atoms with E-state index >= 15 is 0 Å². The van der Waals surface area contributed by atoms with E-state index in [0.717, 1.165) is 54.4 Å². The highest BCUT2D eigenvalue weighted by Crippen LogP contribution is 2.25. The summed E-state index contributed by atoms with van der Waals surface area (Å²) in [4.78, 5) is 6.89. The maximum atomic E-state index is 6.76. The second-order valence-corrected chi connectivity index (χ2v) is 8.88. The van der Waals surface area contributed by atoms with Crippen molar-refractivity contribution in [3.63, 3.8) is 0 Å². The summed E-state index contributed by atoms with van der Waals surface area (Å²) in [6.45, 7) is 6.66. The molecule has 2 N–H and O–H groups in total. The molecule has 0 radical (unpaired) electrons. The maximum Gasteiger partial charge on any atom is 0.118 e. The minimum atomic E-state index is 0.361. The Labute approximate surface area is 204 Å². The van der Waals surface area contributed by atoms with Crippen molar-refractivity contribution in [1.82, 2.24) is 9.80 Å². The van der Waals surface area contributed by atoms with Crippen LogP contribution in [0.15, 0.2) is 78.7 Å². The number of hydrogen-bond donors (Lipinski definition) is 1. The smallest absolute Gasteiger partial charge is 0.118 e. The largest absolute Gasteiger partial charge is 0.497 e. The molecule has 6 nitrogen and oxygen atoms in total. The number of methoxy groups -OCH3 is 2. The Morgan fingerprint density at radius 2 is 1.74 bits per heavy atom. The topological polar surface area (TPSA) is 54.2 Å². The molecule has 1 aliphatic heterocycles. The monoisotopic (exact) mass is 462 g/mol. The number of allylic oxidation sites excluding steroid dienone is 2. The molecular formula is C28H38N4O2. The van der Waals surface area contributed by atoms with Gasteiger partial charge in [0.1, 0.15) is 11.5 Å². The Kier molecular flexibility index (Phi) is 8.66. The van der Waals surface area contributed by atoms with Gasteiger partial charge in [-0.1, -0.05) is 30.8 Å². The third-order valence-electron chi connectivity index (χ3n) is 6.41. The van der Waals surface area contributed by atoms with Gasteiger partial charge in [-0.3, -0.25) is 4.90 Å². The lowest BCUT2D eigenvalue weighted by atomic mass is 10.0. The van der Waals surface area contributed by atoms with Crippen molar-refractivity contribution in [2.45, 2.75) is 12.5 Å². The first-order chi connectivity index (χ1) is 16.3. The summed E-state index contributed by atoms with van der Waals surface area (Å²) in [5.74, 6) is 1.47. The zero-order chi connectivity index (χ0) is 24.7. The summed E-state index contributed by atoms with van der Waals surface area (Å²) in [6.07, 6.45) is 4.86. The summed E-state index contributed by atoms with van der Waals surface area (Å²) in [7, 11) is 9.58. The first-order valence-electron chi connectivity index (χ1n) is 11.6. The van der Waals surface area contributed by atoms with Gasteiger partial charge < -0.3 is 25.0 Å². The highest BCUT2D eigenvalue weighted by atomic mass is 16.5. The molecule has 1 saturated heterocycles. The van der Waals surface area contributed by atoms with Gasteiger partial charge >= 0.3 is 0 Å². The van der Waals surface area contributed by atoms with Crippen molar-refractivity contribution in [2.24, 2.45) is 5.73 Å². The average molecular weight is 463 g/mol. The standard InChI is InChI=1S/C28H38N4O2/c1-21(33-5)7-16-27(28(29)23-10-12-24(13-11-23)30(2)3)32-18-17-31(4)25(20-32)19-22-8-14-26(34-6)15-9-22/h7-16,25H,1,17-20,29H2,2-6H3/b16-7-,28-27+. The normalized spacial score (nSPS) is 17.4. The van der Waals surface area contributed by atoms with Crippen LogP contribution in [-0.4, -0.2) is 70.8 Å². The number of nitrogens with zero attached hydrogens (tertiary/aromatic N) is 3. The van der Waals surface area contributed by atoms with Crippen molar-refractivity contribution in [2.75, 3.05) is 59.9 Å². The van der Waals surface area contributed by atoms with E-state index in [2.05, 4.69) is 64.7 Å². The van der Waals surface area contributed by atoms with Gasteiger partial charge in [0.15, 0.2) is 0 Å². The molecule has 2 aromatic rings. The van der Waals surface area contributed by atoms with Crippen molar-refractivity contribution in [3.8, 4) is 5.75 Å². The third kappa shape index (κ3) is 6.35. The van der Waals surface area contributed by atoms with Gasteiger partial charge in [0.25, 0.3) is 0 Å². The number of benzene rings is 2. The molecule has 1 fully saturated rings. The zero-order valence-electron chi connectivity index (χ0n) is 21.1. The van der Waals surface area contributed by atoms with E-state index in [1.807, 2.05) is 38.4 Å². The van der Waals surface area contributed by atoms with Crippen molar-refractivity contribution >= 4 is 11.4 Å². The maximum absolute atomic E-state index is 6.76. The molecule has 0 amide bonds. The van der Waals surface area contributed by atoms with Gasteiger partial charge in [-0.25, -0.2) is 0 Å². The Morgan fingerprint density at radius 1 is 1.06 bits per heavy atom. The van der Waals surface area contributed by atoms with Gasteiger partial charge in [0.2, 0.25) is 0 Å². The summed E-state index contributed by atoms with van der Waals surface area (Å²) in [5, 5.41) is 0. The fourth-order valence-electron chi connectivity index (χ4n) is 4.11. The molecule has 0 aromatic heterocycles. The van der Waals surface area contributed by atoms with Gasteiger partial charge in [0, 0.05) is 45.5 Å². The second kappa shape index (κ2) is 11.7. The molecule has 3 rings (SSSR count). The molecule has 2 aromatic carbocycles. The molecule has 0 bridgehead atoms. The Hall–Kier alpha value is -3.38. The molecule has 182 valence electrons. The first kappa shape index (κ1) is 25.2. The number of anilines is 1. The highest BCUT2D eigenvalue weighted by molar-refractivity contribution is 5.69. The van der Waals surface area contributed by atoms with Crippen LogP contribution in [0.4, 0.5) is 5.69 Å². The Morgan fingerprint density at radius 3 is 2.32 bits per heavy atom. The lowest BCUT2D eigenvalue weighted by molar-refractivity contribution is 0.122. The summed E-state index contributed by atoms with van der Waals surface area (Å²) >= 11 is 0. The number of rotatable bonds is 9. The number of hydrogen-bond acceptors (Lipinski definition) is 6. The van der Waals surface area contributed by atoms with Gasteiger partial charge in [0.05, 0.1) is 25.6 Å². The van der Waals surface area contributed by atoms with E-state index in [4.69, 9.17) is 15.2 Å². The second-order valence-electron chi connectivity index (χ2n) is 8.88. The van der Waals surface area contributed by atoms with Crippen LogP contribution in [0, 0.1) is 0 Å². The first-order valence-corrected chi connectivity index (χ1v) is 11.6. The molecule has 0 saturated carbocycles. The van der Waals surface area contributed by atoms with Crippen molar-refractivity contribution in [3.05, 3.63) is 89.8 Å². The van der Waals surface area contributed by atoms with Gasteiger partial charge in [-0.05, 0) is 61.0 Å². The van der Waals surface area contributed by atoms with E-state index in [1.54, 1.807) is 14.2 Å². The zero-order valence-corrected chi connectivity index (χ0v) is 21.1.